The molecule has 0 aliphatic rings. The van der Waals surface area contributed by atoms with E-state index >= 15 is 0 Å². The van der Waals surface area contributed by atoms with Crippen molar-refractivity contribution in [2.75, 3.05) is 13.2 Å². The largest absolute Gasteiger partial charge is 0.462 e. The molecular weight excluding hydrogens is 841 g/mol. The molecule has 0 aliphatic heterocycles. The van der Waals surface area contributed by atoms with Crippen LogP contribution in [0.2, 0.25) is 0 Å². The topological polar surface area (TPSA) is 78.9 Å². The predicted octanol–water partition coefficient (Wildman–Crippen LogP) is 20.4. The molecule has 0 aromatic carbocycles. The highest BCUT2D eigenvalue weighted by atomic mass is 16.6. The average Bonchev–Trinajstić information content (AvgIpc) is 3.31. The quantitative estimate of drug-likeness (QED) is 0.0343. The van der Waals surface area contributed by atoms with Gasteiger partial charge in [-0.05, 0) is 31.1 Å². The molecule has 68 heavy (non-hydrogen) atoms. The monoisotopic (exact) mass is 961 g/mol. The van der Waals surface area contributed by atoms with Crippen molar-refractivity contribution in [2.45, 2.75) is 355 Å². The molecule has 0 N–H and O–H groups in total. The molecule has 0 unspecified atom stereocenters. The highest BCUT2D eigenvalue weighted by Gasteiger charge is 2.19. The summed E-state index contributed by atoms with van der Waals surface area (Å²) in [5.74, 6) is 0.844. The molecule has 404 valence electrons. The van der Waals surface area contributed by atoms with Crippen LogP contribution in [0.4, 0.5) is 0 Å². The fourth-order valence-corrected chi connectivity index (χ4v) is 9.58. The molecule has 0 aromatic rings. The van der Waals surface area contributed by atoms with Crippen molar-refractivity contribution in [3.05, 3.63) is 0 Å². The van der Waals surface area contributed by atoms with Gasteiger partial charge in [0.25, 0.3) is 0 Å². The van der Waals surface area contributed by atoms with Crippen LogP contribution in [-0.4, -0.2) is 37.2 Å². The number of hydrogen-bond donors (Lipinski definition) is 0. The van der Waals surface area contributed by atoms with Gasteiger partial charge < -0.3 is 14.2 Å². The van der Waals surface area contributed by atoms with E-state index < -0.39 is 6.10 Å². The molecule has 0 rings (SSSR count). The Morgan fingerprint density at radius 3 is 0.721 bits per heavy atom. The van der Waals surface area contributed by atoms with Gasteiger partial charge in [0.15, 0.2) is 6.10 Å². The fourth-order valence-electron chi connectivity index (χ4n) is 9.58. The zero-order valence-corrected chi connectivity index (χ0v) is 46.7. The number of esters is 3. The standard InChI is InChI=1S/C62H120O6/c1-6-7-8-9-10-11-12-13-14-15-16-17-22-29-34-39-44-49-54-62(65)68-59(56-67-61(64)53-48-43-38-33-28-24-23-26-31-36-41-46-51-58(4)5)55-66-60(63)52-47-42-37-32-27-21-19-18-20-25-30-35-40-45-50-57(2)3/h57-59H,6-56H2,1-5H3/t59-/m0/s1. The first-order valence-corrected chi connectivity index (χ1v) is 30.7. The van der Waals surface area contributed by atoms with Crippen LogP contribution < -0.4 is 0 Å². The van der Waals surface area contributed by atoms with Crippen LogP contribution in [0.5, 0.6) is 0 Å². The Hall–Kier alpha value is -1.59. The van der Waals surface area contributed by atoms with Gasteiger partial charge in [0, 0.05) is 19.3 Å². The molecule has 1 atom stereocenters. The Bertz CT molecular complexity index is 1040. The third kappa shape index (κ3) is 55.3. The number of rotatable bonds is 56. The summed E-state index contributed by atoms with van der Waals surface area (Å²) in [7, 11) is 0. The normalized spacial score (nSPS) is 12.0. The highest BCUT2D eigenvalue weighted by Crippen LogP contribution is 2.19. The van der Waals surface area contributed by atoms with Crippen molar-refractivity contribution < 1.29 is 28.6 Å². The zero-order valence-electron chi connectivity index (χ0n) is 46.7. The first kappa shape index (κ1) is 66.4. The van der Waals surface area contributed by atoms with Gasteiger partial charge in [0.1, 0.15) is 13.2 Å². The summed E-state index contributed by atoms with van der Waals surface area (Å²) in [5.41, 5.74) is 0. The van der Waals surface area contributed by atoms with Crippen LogP contribution in [0.25, 0.3) is 0 Å². The second kappa shape index (κ2) is 54.7. The van der Waals surface area contributed by atoms with Crippen LogP contribution in [-0.2, 0) is 28.6 Å². The van der Waals surface area contributed by atoms with Gasteiger partial charge in [-0.15, -0.1) is 0 Å². The van der Waals surface area contributed by atoms with Crippen LogP contribution in [0.15, 0.2) is 0 Å². The first-order chi connectivity index (χ1) is 33.2. The molecule has 0 aromatic heterocycles. The average molecular weight is 962 g/mol. The summed E-state index contributed by atoms with van der Waals surface area (Å²) in [6.45, 7) is 11.4. The lowest BCUT2D eigenvalue weighted by molar-refractivity contribution is -0.167. The summed E-state index contributed by atoms with van der Waals surface area (Å²) in [6.07, 6.45) is 59.5. The van der Waals surface area contributed by atoms with E-state index in [0.717, 1.165) is 69.6 Å². The van der Waals surface area contributed by atoms with Gasteiger partial charge in [0.05, 0.1) is 0 Å². The van der Waals surface area contributed by atoms with Crippen molar-refractivity contribution in [1.29, 1.82) is 0 Å². The van der Waals surface area contributed by atoms with Gasteiger partial charge in [-0.1, -0.05) is 311 Å². The van der Waals surface area contributed by atoms with E-state index in [4.69, 9.17) is 14.2 Å². The van der Waals surface area contributed by atoms with Crippen LogP contribution >= 0.6 is 0 Å². The third-order valence-electron chi connectivity index (χ3n) is 14.2. The Balaban J connectivity index is 4.29. The van der Waals surface area contributed by atoms with Gasteiger partial charge in [0.2, 0.25) is 0 Å². The second-order valence-electron chi connectivity index (χ2n) is 22.3. The molecule has 6 nitrogen and oxygen atoms in total. The molecule has 0 saturated carbocycles. The number of ether oxygens (including phenoxy) is 3. The Labute approximate surface area is 425 Å². The predicted molar refractivity (Wildman–Crippen MR) is 293 cm³/mol. The van der Waals surface area contributed by atoms with E-state index in [-0.39, 0.29) is 31.1 Å². The molecule has 0 amide bonds. The van der Waals surface area contributed by atoms with E-state index in [1.165, 1.54) is 238 Å². The maximum absolute atomic E-state index is 12.9. The van der Waals surface area contributed by atoms with Crippen molar-refractivity contribution in [3.63, 3.8) is 0 Å². The van der Waals surface area contributed by atoms with Crippen molar-refractivity contribution in [1.82, 2.24) is 0 Å². The second-order valence-corrected chi connectivity index (χ2v) is 22.3. The van der Waals surface area contributed by atoms with Gasteiger partial charge in [-0.3, -0.25) is 14.4 Å². The number of hydrogen-bond acceptors (Lipinski definition) is 6. The minimum Gasteiger partial charge on any atom is -0.462 e. The summed E-state index contributed by atoms with van der Waals surface area (Å²) in [4.78, 5) is 38.2. The molecular formula is C62H120O6. The van der Waals surface area contributed by atoms with Gasteiger partial charge in [-0.2, -0.15) is 0 Å². The van der Waals surface area contributed by atoms with Crippen molar-refractivity contribution in [2.24, 2.45) is 11.8 Å². The molecule has 0 fully saturated rings. The molecule has 0 heterocycles. The highest BCUT2D eigenvalue weighted by molar-refractivity contribution is 5.71. The molecule has 0 saturated heterocycles. The Kier molecular flexibility index (Phi) is 53.5. The summed E-state index contributed by atoms with van der Waals surface area (Å²) in [6, 6.07) is 0. The third-order valence-corrected chi connectivity index (χ3v) is 14.2. The summed E-state index contributed by atoms with van der Waals surface area (Å²) in [5, 5.41) is 0. The summed E-state index contributed by atoms with van der Waals surface area (Å²) < 4.78 is 16.9. The van der Waals surface area contributed by atoms with E-state index in [2.05, 4.69) is 34.6 Å². The van der Waals surface area contributed by atoms with E-state index in [0.29, 0.717) is 19.3 Å². The molecule has 0 bridgehead atoms. The smallest absolute Gasteiger partial charge is 0.306 e. The van der Waals surface area contributed by atoms with E-state index in [9.17, 15) is 14.4 Å². The number of carbonyl (C=O) groups excluding carboxylic acids is 3. The molecule has 0 aliphatic carbocycles. The minimum absolute atomic E-state index is 0.0623. The minimum atomic E-state index is -0.763. The summed E-state index contributed by atoms with van der Waals surface area (Å²) >= 11 is 0. The first-order valence-electron chi connectivity index (χ1n) is 30.7. The van der Waals surface area contributed by atoms with Crippen molar-refractivity contribution in [3.8, 4) is 0 Å². The van der Waals surface area contributed by atoms with Gasteiger partial charge >= 0.3 is 17.9 Å². The van der Waals surface area contributed by atoms with Crippen LogP contribution in [0.1, 0.15) is 349 Å². The van der Waals surface area contributed by atoms with Gasteiger partial charge in [-0.25, -0.2) is 0 Å². The number of carbonyl (C=O) groups is 3. The van der Waals surface area contributed by atoms with Crippen LogP contribution in [0.3, 0.4) is 0 Å². The van der Waals surface area contributed by atoms with Crippen LogP contribution in [0, 0.1) is 11.8 Å². The molecule has 6 heteroatoms. The molecule has 0 radical (unpaired) electrons. The number of unbranched alkanes of at least 4 members (excludes halogenated alkanes) is 41. The Morgan fingerprint density at radius 2 is 0.485 bits per heavy atom. The lowest BCUT2D eigenvalue weighted by atomic mass is 10.0. The Morgan fingerprint density at radius 1 is 0.279 bits per heavy atom. The lowest BCUT2D eigenvalue weighted by Gasteiger charge is -2.18. The SMILES string of the molecule is CCCCCCCCCCCCCCCCCCCCC(=O)O[C@@H](COC(=O)CCCCCCCCCCCCCCCCC(C)C)COC(=O)CCCCCCCCCCCCCCC(C)C. The van der Waals surface area contributed by atoms with E-state index in [1.807, 2.05) is 0 Å². The fraction of sp³-hybridized carbons (Fsp3) is 0.952. The maximum Gasteiger partial charge on any atom is 0.306 e. The zero-order chi connectivity index (χ0) is 49.6. The lowest BCUT2D eigenvalue weighted by Crippen LogP contribution is -2.30. The van der Waals surface area contributed by atoms with Crippen molar-refractivity contribution >= 4 is 17.9 Å². The maximum atomic E-state index is 12.9. The van der Waals surface area contributed by atoms with E-state index in [1.54, 1.807) is 0 Å². The molecule has 0 spiro atoms.